The van der Waals surface area contributed by atoms with Crippen LogP contribution in [0, 0.1) is 17.8 Å². The third-order valence-electron chi connectivity index (χ3n) is 4.67. The normalized spacial score (nSPS) is 22.7. The molecule has 1 N–H and O–H groups in total. The fourth-order valence-electron chi connectivity index (χ4n) is 3.17. The third kappa shape index (κ3) is 5.62. The van der Waals surface area contributed by atoms with Gasteiger partial charge in [0.1, 0.15) is 6.61 Å². The first-order chi connectivity index (χ1) is 11.2. The van der Waals surface area contributed by atoms with E-state index in [1.807, 2.05) is 13.0 Å². The second-order valence-corrected chi connectivity index (χ2v) is 7.44. The van der Waals surface area contributed by atoms with E-state index in [2.05, 4.69) is 27.7 Å². The zero-order valence-corrected chi connectivity index (χ0v) is 15.6. The second kappa shape index (κ2) is 9.21. The SMILES string of the molecule is CCCC(=O)OCC1(CO)C/C(=C/CC(C(C)C)C(C)C)C(=O)O1. The highest BCUT2D eigenvalue weighted by molar-refractivity contribution is 5.91. The van der Waals surface area contributed by atoms with E-state index in [9.17, 15) is 14.7 Å². The molecule has 0 bridgehead atoms. The van der Waals surface area contributed by atoms with Crippen LogP contribution in [0.1, 0.15) is 60.3 Å². The Labute approximate surface area is 145 Å². The average molecular weight is 340 g/mol. The van der Waals surface area contributed by atoms with Gasteiger partial charge in [0.15, 0.2) is 5.60 Å². The number of aliphatic hydroxyl groups excluding tert-OH is 1. The molecule has 1 rings (SSSR count). The number of esters is 2. The van der Waals surface area contributed by atoms with Gasteiger partial charge in [-0.2, -0.15) is 0 Å². The summed E-state index contributed by atoms with van der Waals surface area (Å²) in [5, 5.41) is 9.65. The smallest absolute Gasteiger partial charge is 0.334 e. The molecule has 5 nitrogen and oxygen atoms in total. The molecule has 1 fully saturated rings. The zero-order valence-electron chi connectivity index (χ0n) is 15.6. The van der Waals surface area contributed by atoms with Crippen LogP contribution in [0.3, 0.4) is 0 Å². The van der Waals surface area contributed by atoms with Crippen molar-refractivity contribution >= 4 is 11.9 Å². The first-order valence-electron chi connectivity index (χ1n) is 8.93. The van der Waals surface area contributed by atoms with Crippen molar-refractivity contribution in [3.8, 4) is 0 Å². The van der Waals surface area contributed by atoms with Crippen LogP contribution >= 0.6 is 0 Å². The Bertz CT molecular complexity index is 458. The van der Waals surface area contributed by atoms with Crippen molar-refractivity contribution in [3.63, 3.8) is 0 Å². The maximum Gasteiger partial charge on any atom is 0.334 e. The van der Waals surface area contributed by atoms with Gasteiger partial charge in [-0.25, -0.2) is 4.79 Å². The van der Waals surface area contributed by atoms with E-state index in [-0.39, 0.29) is 25.6 Å². The fraction of sp³-hybridized carbons (Fsp3) is 0.789. The Morgan fingerprint density at radius 1 is 1.33 bits per heavy atom. The standard InChI is InChI=1S/C19H32O5/c1-6-7-17(21)23-12-19(11-20)10-15(18(22)24-19)8-9-16(13(2)3)14(4)5/h8,13-14,16,20H,6-7,9-12H2,1-5H3/b15-8-. The van der Waals surface area contributed by atoms with Crippen molar-refractivity contribution in [3.05, 3.63) is 11.6 Å². The molecule has 5 heteroatoms. The van der Waals surface area contributed by atoms with Gasteiger partial charge in [0.05, 0.1) is 6.61 Å². The lowest BCUT2D eigenvalue weighted by Gasteiger charge is -2.24. The molecular formula is C19H32O5. The molecule has 1 unspecified atom stereocenters. The highest BCUT2D eigenvalue weighted by atomic mass is 16.6. The van der Waals surface area contributed by atoms with Crippen LogP contribution < -0.4 is 0 Å². The van der Waals surface area contributed by atoms with Gasteiger partial charge >= 0.3 is 11.9 Å². The van der Waals surface area contributed by atoms with Crippen LogP contribution in [0.4, 0.5) is 0 Å². The van der Waals surface area contributed by atoms with Crippen molar-refractivity contribution in [2.45, 2.75) is 65.9 Å². The predicted molar refractivity (Wildman–Crippen MR) is 92.3 cm³/mol. The number of rotatable bonds is 9. The van der Waals surface area contributed by atoms with Gasteiger partial charge in [0, 0.05) is 18.4 Å². The number of carbonyl (C=O) groups excluding carboxylic acids is 2. The molecule has 1 aliphatic heterocycles. The Kier molecular flexibility index (Phi) is 7.94. The number of ether oxygens (including phenoxy) is 2. The number of allylic oxidation sites excluding steroid dienone is 1. The topological polar surface area (TPSA) is 72.8 Å². The summed E-state index contributed by atoms with van der Waals surface area (Å²) < 4.78 is 10.5. The van der Waals surface area contributed by atoms with Gasteiger partial charge < -0.3 is 14.6 Å². The Morgan fingerprint density at radius 2 is 1.96 bits per heavy atom. The number of hydrogen-bond donors (Lipinski definition) is 1. The van der Waals surface area contributed by atoms with Crippen LogP contribution in [0.2, 0.25) is 0 Å². The molecule has 1 heterocycles. The van der Waals surface area contributed by atoms with Crippen molar-refractivity contribution < 1.29 is 24.2 Å². The van der Waals surface area contributed by atoms with Gasteiger partial charge in [-0.05, 0) is 30.6 Å². The van der Waals surface area contributed by atoms with Gasteiger partial charge in [-0.15, -0.1) is 0 Å². The summed E-state index contributed by atoms with van der Waals surface area (Å²) in [6.07, 6.45) is 4.03. The molecule has 24 heavy (non-hydrogen) atoms. The van der Waals surface area contributed by atoms with Crippen LogP contribution in [0.5, 0.6) is 0 Å². The monoisotopic (exact) mass is 340 g/mol. The van der Waals surface area contributed by atoms with E-state index in [1.54, 1.807) is 0 Å². The summed E-state index contributed by atoms with van der Waals surface area (Å²) >= 11 is 0. The molecule has 0 saturated carbocycles. The van der Waals surface area contributed by atoms with Gasteiger partial charge in [-0.3, -0.25) is 4.79 Å². The maximum atomic E-state index is 12.1. The molecular weight excluding hydrogens is 308 g/mol. The van der Waals surface area contributed by atoms with Crippen molar-refractivity contribution in [2.75, 3.05) is 13.2 Å². The quantitative estimate of drug-likeness (QED) is 0.515. The minimum absolute atomic E-state index is 0.0940. The number of cyclic esters (lactones) is 1. The summed E-state index contributed by atoms with van der Waals surface area (Å²) in [6, 6.07) is 0. The van der Waals surface area contributed by atoms with Crippen LogP contribution in [-0.4, -0.2) is 35.9 Å². The minimum Gasteiger partial charge on any atom is -0.461 e. The van der Waals surface area contributed by atoms with Crippen LogP contribution in [-0.2, 0) is 19.1 Å². The molecule has 138 valence electrons. The second-order valence-electron chi connectivity index (χ2n) is 7.44. The number of aliphatic hydroxyl groups is 1. The van der Waals surface area contributed by atoms with Gasteiger partial charge in [0.2, 0.25) is 0 Å². The molecule has 0 aromatic carbocycles. The molecule has 1 aliphatic rings. The molecule has 0 spiro atoms. The van der Waals surface area contributed by atoms with E-state index < -0.39 is 11.6 Å². The van der Waals surface area contributed by atoms with Crippen molar-refractivity contribution in [1.82, 2.24) is 0 Å². The Hall–Kier alpha value is -1.36. The molecule has 0 aliphatic carbocycles. The van der Waals surface area contributed by atoms with E-state index >= 15 is 0 Å². The van der Waals surface area contributed by atoms with Crippen molar-refractivity contribution in [2.24, 2.45) is 17.8 Å². The van der Waals surface area contributed by atoms with E-state index in [1.165, 1.54) is 0 Å². The molecule has 0 aromatic rings. The van der Waals surface area contributed by atoms with Gasteiger partial charge in [-0.1, -0.05) is 40.7 Å². The molecule has 0 radical (unpaired) electrons. The summed E-state index contributed by atoms with van der Waals surface area (Å²) in [6.45, 7) is 10.2. The largest absolute Gasteiger partial charge is 0.461 e. The number of carbonyl (C=O) groups is 2. The average Bonchev–Trinajstić information content (AvgIpc) is 2.82. The number of hydrogen-bond acceptors (Lipinski definition) is 5. The lowest BCUT2D eigenvalue weighted by Crippen LogP contribution is -2.39. The third-order valence-corrected chi connectivity index (χ3v) is 4.67. The molecule has 0 amide bonds. The first kappa shape index (κ1) is 20.7. The maximum absolute atomic E-state index is 12.1. The molecule has 1 saturated heterocycles. The van der Waals surface area contributed by atoms with Crippen LogP contribution in [0.25, 0.3) is 0 Å². The molecule has 1 atom stereocenters. The lowest BCUT2D eigenvalue weighted by atomic mass is 9.82. The lowest BCUT2D eigenvalue weighted by molar-refractivity contribution is -0.166. The summed E-state index contributed by atoms with van der Waals surface area (Å²) in [4.78, 5) is 23.7. The van der Waals surface area contributed by atoms with E-state index in [4.69, 9.17) is 9.47 Å². The summed E-state index contributed by atoms with van der Waals surface area (Å²) in [7, 11) is 0. The van der Waals surface area contributed by atoms with Crippen LogP contribution in [0.15, 0.2) is 11.6 Å². The minimum atomic E-state index is -1.13. The zero-order chi connectivity index (χ0) is 18.3. The van der Waals surface area contributed by atoms with Gasteiger partial charge in [0.25, 0.3) is 0 Å². The Balaban J connectivity index is 2.74. The molecule has 0 aromatic heterocycles. The highest BCUT2D eigenvalue weighted by Gasteiger charge is 2.44. The predicted octanol–water partition coefficient (Wildman–Crippen LogP) is 3.25. The fourth-order valence-corrected chi connectivity index (χ4v) is 3.17. The Morgan fingerprint density at radius 3 is 2.46 bits per heavy atom. The van der Waals surface area contributed by atoms with E-state index in [0.717, 1.165) is 6.42 Å². The summed E-state index contributed by atoms with van der Waals surface area (Å²) in [5.41, 5.74) is -0.556. The highest BCUT2D eigenvalue weighted by Crippen LogP contribution is 2.33. The first-order valence-corrected chi connectivity index (χ1v) is 8.93. The van der Waals surface area contributed by atoms with Crippen molar-refractivity contribution in [1.29, 1.82) is 0 Å². The summed E-state index contributed by atoms with van der Waals surface area (Å²) in [5.74, 6) is 0.783. The van der Waals surface area contributed by atoms with E-state index in [0.29, 0.717) is 36.2 Å².